The molecule has 0 saturated heterocycles. The predicted molar refractivity (Wildman–Crippen MR) is 51.0 cm³/mol. The van der Waals surface area contributed by atoms with Crippen LogP contribution in [0, 0.1) is 0 Å². The number of hydrogen-bond acceptors (Lipinski definition) is 2. The minimum absolute atomic E-state index is 0.741. The quantitative estimate of drug-likeness (QED) is 0.518. The first-order valence-corrected chi connectivity index (χ1v) is 3.83. The number of aliphatic imine (C=N–C) groups is 2. The zero-order valence-corrected chi connectivity index (χ0v) is 8.14. The molecule has 0 rings (SSSR count). The van der Waals surface area contributed by atoms with E-state index >= 15 is 0 Å². The average molecular weight is 238 g/mol. The van der Waals surface area contributed by atoms with Crippen molar-refractivity contribution < 1.29 is 0 Å². The van der Waals surface area contributed by atoms with E-state index in [2.05, 4.69) is 32.6 Å². The van der Waals surface area contributed by atoms with Crippen LogP contribution in [-0.2, 0) is 0 Å². The van der Waals surface area contributed by atoms with Crippen LogP contribution < -0.4 is 0 Å². The minimum atomic E-state index is 0.741. The zero-order valence-electron chi connectivity index (χ0n) is 5.98. The molecule has 0 aromatic rings. The molecule has 0 atom stereocenters. The van der Waals surface area contributed by atoms with Gasteiger partial charge in [0.2, 0.25) is 0 Å². The lowest BCUT2D eigenvalue weighted by atomic mass is 10.4. The molecule has 0 bridgehead atoms. The van der Waals surface area contributed by atoms with Gasteiger partial charge in [-0.3, -0.25) is 9.98 Å². The van der Waals surface area contributed by atoms with E-state index in [1.54, 1.807) is 7.05 Å². The van der Waals surface area contributed by atoms with E-state index in [1.807, 2.05) is 13.8 Å². The minimum Gasteiger partial charge on any atom is -0.296 e. The lowest BCUT2D eigenvalue weighted by Gasteiger charge is -1.90. The Kier molecular flexibility index (Phi) is 4.94. The van der Waals surface area contributed by atoms with Gasteiger partial charge in [-0.05, 0) is 36.4 Å². The summed E-state index contributed by atoms with van der Waals surface area (Å²) in [6.45, 7) is 4.69. The molecule has 0 unspecified atom stereocenters. The molecule has 0 aromatic carbocycles. The Morgan fingerprint density at radius 3 is 2.33 bits per heavy atom. The van der Waals surface area contributed by atoms with E-state index in [4.69, 9.17) is 0 Å². The van der Waals surface area contributed by atoms with Gasteiger partial charge >= 0.3 is 0 Å². The molecule has 0 fully saturated rings. The first-order valence-electron chi connectivity index (χ1n) is 2.75. The highest BCUT2D eigenvalue weighted by Crippen LogP contribution is 1.88. The largest absolute Gasteiger partial charge is 0.296 e. The van der Waals surface area contributed by atoms with Crippen molar-refractivity contribution in [1.29, 1.82) is 0 Å². The Balaban J connectivity index is 3.64. The number of halogens is 1. The molecule has 0 aromatic heterocycles. The topological polar surface area (TPSA) is 24.7 Å². The molecule has 0 aliphatic carbocycles. The third-order valence-electron chi connectivity index (χ3n) is 0.907. The van der Waals surface area contributed by atoms with Gasteiger partial charge in [-0.25, -0.2) is 0 Å². The maximum absolute atomic E-state index is 4.17. The first kappa shape index (κ1) is 9.07. The van der Waals surface area contributed by atoms with Crippen LogP contribution in [0.1, 0.15) is 13.8 Å². The van der Waals surface area contributed by atoms with E-state index in [-0.39, 0.29) is 0 Å². The highest BCUT2D eigenvalue weighted by molar-refractivity contribution is 14.1. The smallest absolute Gasteiger partial charge is 0.0773 e. The molecule has 3 heteroatoms. The van der Waals surface area contributed by atoms with Crippen LogP contribution >= 0.6 is 22.6 Å². The highest BCUT2D eigenvalue weighted by Gasteiger charge is 1.84. The van der Waals surface area contributed by atoms with Gasteiger partial charge in [0.05, 0.1) is 10.3 Å². The van der Waals surface area contributed by atoms with Crippen molar-refractivity contribution in [2.45, 2.75) is 13.8 Å². The Bertz CT molecular complexity index is 134. The molecular formula is C6H11IN2. The van der Waals surface area contributed by atoms with Gasteiger partial charge in [0.25, 0.3) is 0 Å². The van der Waals surface area contributed by atoms with Crippen molar-refractivity contribution in [2.24, 2.45) is 9.98 Å². The molecule has 0 aliphatic rings. The molecule has 0 saturated carbocycles. The predicted octanol–water partition coefficient (Wildman–Crippen LogP) is 1.93. The van der Waals surface area contributed by atoms with Crippen molar-refractivity contribution in [1.82, 2.24) is 0 Å². The lowest BCUT2D eigenvalue weighted by molar-refractivity contribution is 1.25. The number of nitrogens with zero attached hydrogens (tertiary/aromatic N) is 2. The van der Waals surface area contributed by atoms with Crippen LogP contribution in [0.2, 0.25) is 0 Å². The van der Waals surface area contributed by atoms with Gasteiger partial charge in [0.1, 0.15) is 0 Å². The second kappa shape index (κ2) is 4.90. The Hall–Kier alpha value is 0.0700. The van der Waals surface area contributed by atoms with Crippen LogP contribution in [0.5, 0.6) is 0 Å². The molecule has 2 nitrogen and oxygen atoms in total. The summed E-state index contributed by atoms with van der Waals surface area (Å²) in [6.07, 6.45) is 0. The van der Waals surface area contributed by atoms with Crippen LogP contribution in [0.25, 0.3) is 0 Å². The van der Waals surface area contributed by atoms with E-state index in [1.165, 1.54) is 0 Å². The third-order valence-corrected chi connectivity index (χ3v) is 1.25. The lowest BCUT2D eigenvalue weighted by Crippen LogP contribution is -1.96. The van der Waals surface area contributed by atoms with E-state index in [9.17, 15) is 0 Å². The second-order valence-electron chi connectivity index (χ2n) is 1.77. The molecular weight excluding hydrogens is 227 g/mol. The maximum Gasteiger partial charge on any atom is 0.0773 e. The standard InChI is InChI=1S/C6H11IN2/c1-5(8-3)4-9-6(2)7/h4H2,1-3H3/b8-5-,9-6-. The van der Waals surface area contributed by atoms with Gasteiger partial charge in [0, 0.05) is 12.8 Å². The van der Waals surface area contributed by atoms with Crippen LogP contribution in [-0.4, -0.2) is 23.0 Å². The SMILES string of the molecule is C/N=C(/C)C/N=C(/C)I. The summed E-state index contributed by atoms with van der Waals surface area (Å²) >= 11 is 2.19. The summed E-state index contributed by atoms with van der Waals surface area (Å²) in [7, 11) is 1.79. The monoisotopic (exact) mass is 238 g/mol. The highest BCUT2D eigenvalue weighted by atomic mass is 127. The van der Waals surface area contributed by atoms with Gasteiger partial charge in [0.15, 0.2) is 0 Å². The van der Waals surface area contributed by atoms with Crippen LogP contribution in [0.15, 0.2) is 9.98 Å². The molecule has 9 heavy (non-hydrogen) atoms. The molecule has 0 amide bonds. The van der Waals surface area contributed by atoms with E-state index in [0.29, 0.717) is 0 Å². The number of hydrogen-bond donors (Lipinski definition) is 0. The Morgan fingerprint density at radius 1 is 1.44 bits per heavy atom. The fourth-order valence-electron chi connectivity index (χ4n) is 0.294. The van der Waals surface area contributed by atoms with Crippen molar-refractivity contribution in [2.75, 3.05) is 13.6 Å². The molecule has 0 radical (unpaired) electrons. The third kappa shape index (κ3) is 5.95. The van der Waals surface area contributed by atoms with Gasteiger partial charge in [-0.2, -0.15) is 0 Å². The molecule has 0 spiro atoms. The van der Waals surface area contributed by atoms with E-state index in [0.717, 1.165) is 16.0 Å². The Labute approximate surface area is 69.6 Å². The molecule has 0 N–H and O–H groups in total. The molecule has 52 valence electrons. The van der Waals surface area contributed by atoms with Gasteiger partial charge in [-0.1, -0.05) is 0 Å². The van der Waals surface area contributed by atoms with Gasteiger partial charge < -0.3 is 0 Å². The summed E-state index contributed by atoms with van der Waals surface area (Å²) in [5.74, 6) is 0. The van der Waals surface area contributed by atoms with Crippen molar-refractivity contribution >= 4 is 32.0 Å². The zero-order chi connectivity index (χ0) is 7.28. The Morgan fingerprint density at radius 2 is 2.00 bits per heavy atom. The fraction of sp³-hybridized carbons (Fsp3) is 0.667. The fourth-order valence-corrected chi connectivity index (χ4v) is 0.465. The van der Waals surface area contributed by atoms with Crippen LogP contribution in [0.4, 0.5) is 0 Å². The second-order valence-corrected chi connectivity index (χ2v) is 3.33. The van der Waals surface area contributed by atoms with Crippen molar-refractivity contribution in [3.05, 3.63) is 0 Å². The van der Waals surface area contributed by atoms with Crippen molar-refractivity contribution in [3.8, 4) is 0 Å². The van der Waals surface area contributed by atoms with Gasteiger partial charge in [-0.15, -0.1) is 0 Å². The summed E-state index contributed by atoms with van der Waals surface area (Å²) < 4.78 is 1.08. The average Bonchev–Trinajstić information content (AvgIpc) is 1.83. The molecule has 0 heterocycles. The normalized spacial score (nSPS) is 14.2. The summed E-state index contributed by atoms with van der Waals surface area (Å²) in [5, 5.41) is 0. The summed E-state index contributed by atoms with van der Waals surface area (Å²) in [6, 6.07) is 0. The molecule has 0 aliphatic heterocycles. The maximum atomic E-state index is 4.17. The van der Waals surface area contributed by atoms with Crippen molar-refractivity contribution in [3.63, 3.8) is 0 Å². The summed E-state index contributed by atoms with van der Waals surface area (Å²) in [5.41, 5.74) is 1.08. The first-order chi connectivity index (χ1) is 4.16. The number of rotatable bonds is 2. The van der Waals surface area contributed by atoms with Crippen LogP contribution in [0.3, 0.4) is 0 Å². The summed E-state index contributed by atoms with van der Waals surface area (Å²) in [4.78, 5) is 8.13. The van der Waals surface area contributed by atoms with E-state index < -0.39 is 0 Å².